The molecule has 2 nitrogen and oxygen atoms in total. The highest BCUT2D eigenvalue weighted by molar-refractivity contribution is 5.02. The van der Waals surface area contributed by atoms with E-state index in [0.29, 0.717) is 0 Å². The molecule has 2 heteroatoms. The van der Waals surface area contributed by atoms with Gasteiger partial charge in [-0.2, -0.15) is 0 Å². The van der Waals surface area contributed by atoms with E-state index in [9.17, 15) is 0 Å². The van der Waals surface area contributed by atoms with E-state index >= 15 is 0 Å². The summed E-state index contributed by atoms with van der Waals surface area (Å²) in [5, 5.41) is 3.57. The number of fused-ring (bicyclic) bond motifs is 2. The van der Waals surface area contributed by atoms with Crippen LogP contribution >= 0.6 is 0 Å². The van der Waals surface area contributed by atoms with Gasteiger partial charge in [0.2, 0.25) is 0 Å². The molecule has 2 bridgehead atoms. The molecule has 1 N–H and O–H groups in total. The maximum atomic E-state index is 3.57. The fourth-order valence-electron chi connectivity index (χ4n) is 3.97. The highest BCUT2D eigenvalue weighted by Crippen LogP contribution is 2.34. The van der Waals surface area contributed by atoms with E-state index in [4.69, 9.17) is 0 Å². The number of unbranched alkanes of at least 4 members (excludes halogenated alkanes) is 5. The Bertz CT molecular complexity index is 227. The molecule has 3 aliphatic heterocycles. The molecule has 3 unspecified atom stereocenters. The molecule has 3 rings (SSSR count). The predicted molar refractivity (Wildman–Crippen MR) is 83.6 cm³/mol. The third kappa shape index (κ3) is 4.19. The second kappa shape index (κ2) is 8.26. The second-order valence-corrected chi connectivity index (χ2v) is 6.65. The minimum absolute atomic E-state index is 0.872. The summed E-state index contributed by atoms with van der Waals surface area (Å²) in [6.45, 7) is 7.12. The van der Waals surface area contributed by atoms with Gasteiger partial charge in [0.25, 0.3) is 0 Å². The van der Waals surface area contributed by atoms with Gasteiger partial charge in [-0.05, 0) is 19.3 Å². The molecule has 0 aromatic carbocycles. The Kier molecular flexibility index (Phi) is 6.66. The highest BCUT2D eigenvalue weighted by atomic mass is 15.3. The Morgan fingerprint density at radius 2 is 1.53 bits per heavy atom. The molecule has 3 atom stereocenters. The quantitative estimate of drug-likeness (QED) is 0.602. The first-order chi connectivity index (χ1) is 9.36. The lowest BCUT2D eigenvalue weighted by molar-refractivity contribution is -0.0552. The topological polar surface area (TPSA) is 15.3 Å². The molecule has 112 valence electrons. The molecule has 0 aliphatic carbocycles. The number of hydrogen-bond donors (Lipinski definition) is 1. The Hall–Kier alpha value is -0.0800. The fourth-order valence-corrected chi connectivity index (χ4v) is 3.97. The van der Waals surface area contributed by atoms with Crippen LogP contribution in [0, 0.1) is 0 Å². The first-order valence-electron chi connectivity index (χ1n) is 8.85. The minimum atomic E-state index is 0.872. The van der Waals surface area contributed by atoms with Gasteiger partial charge in [-0.15, -0.1) is 0 Å². The smallest absolute Gasteiger partial charge is 0.0242 e. The number of nitrogens with zero attached hydrogens (tertiary/aromatic N) is 1. The van der Waals surface area contributed by atoms with E-state index < -0.39 is 0 Å². The summed E-state index contributed by atoms with van der Waals surface area (Å²) in [6.07, 6.45) is 14.3. The summed E-state index contributed by atoms with van der Waals surface area (Å²) in [7, 11) is 0. The molecule has 0 aromatic rings. The standard InChI is InChI=1S/C17H34N2/c1-3-5-7-8-9-11-15(10-6-4-2)19-16-12-17(19)14-18-13-16/h15-18H,3-14H2,1-2H3. The van der Waals surface area contributed by atoms with E-state index in [1.54, 1.807) is 0 Å². The number of hydrogen-bond acceptors (Lipinski definition) is 2. The molecule has 3 aliphatic rings. The van der Waals surface area contributed by atoms with Gasteiger partial charge in [0.15, 0.2) is 0 Å². The van der Waals surface area contributed by atoms with Crippen molar-refractivity contribution in [2.75, 3.05) is 13.1 Å². The third-order valence-corrected chi connectivity index (χ3v) is 5.10. The summed E-state index contributed by atoms with van der Waals surface area (Å²) in [4.78, 5) is 2.88. The van der Waals surface area contributed by atoms with Gasteiger partial charge in [0.1, 0.15) is 0 Å². The average Bonchev–Trinajstić information content (AvgIpc) is 2.44. The van der Waals surface area contributed by atoms with Crippen molar-refractivity contribution in [1.29, 1.82) is 0 Å². The van der Waals surface area contributed by atoms with Gasteiger partial charge in [-0.25, -0.2) is 0 Å². The summed E-state index contributed by atoms with van der Waals surface area (Å²) in [5.41, 5.74) is 0. The number of piperidine rings is 1. The van der Waals surface area contributed by atoms with E-state index in [2.05, 4.69) is 24.1 Å². The van der Waals surface area contributed by atoms with Crippen LogP contribution in [0.3, 0.4) is 0 Å². The van der Waals surface area contributed by atoms with Crippen molar-refractivity contribution in [3.05, 3.63) is 0 Å². The zero-order chi connectivity index (χ0) is 13.5. The van der Waals surface area contributed by atoms with Gasteiger partial charge in [0, 0.05) is 31.2 Å². The summed E-state index contributed by atoms with van der Waals surface area (Å²) in [6, 6.07) is 2.64. The molecule has 19 heavy (non-hydrogen) atoms. The average molecular weight is 266 g/mol. The van der Waals surface area contributed by atoms with Crippen molar-refractivity contribution in [1.82, 2.24) is 10.2 Å². The first kappa shape index (κ1) is 15.3. The van der Waals surface area contributed by atoms with Gasteiger partial charge >= 0.3 is 0 Å². The number of nitrogens with one attached hydrogen (secondary N) is 1. The Morgan fingerprint density at radius 1 is 0.895 bits per heavy atom. The van der Waals surface area contributed by atoms with Crippen molar-refractivity contribution in [3.8, 4) is 0 Å². The molecule has 3 fully saturated rings. The molecule has 0 saturated carbocycles. The fraction of sp³-hybridized carbons (Fsp3) is 1.00. The zero-order valence-corrected chi connectivity index (χ0v) is 13.2. The normalized spacial score (nSPS) is 28.1. The summed E-state index contributed by atoms with van der Waals surface area (Å²) >= 11 is 0. The molecule has 0 spiro atoms. The van der Waals surface area contributed by atoms with Crippen LogP contribution in [0.2, 0.25) is 0 Å². The second-order valence-electron chi connectivity index (χ2n) is 6.65. The van der Waals surface area contributed by atoms with Crippen molar-refractivity contribution < 1.29 is 0 Å². The van der Waals surface area contributed by atoms with Crippen molar-refractivity contribution in [2.24, 2.45) is 0 Å². The van der Waals surface area contributed by atoms with Crippen molar-refractivity contribution >= 4 is 0 Å². The van der Waals surface area contributed by atoms with Gasteiger partial charge in [-0.1, -0.05) is 58.8 Å². The van der Waals surface area contributed by atoms with E-state index in [1.165, 1.54) is 77.3 Å². The van der Waals surface area contributed by atoms with Crippen LogP contribution in [-0.4, -0.2) is 36.1 Å². The molecule has 3 heterocycles. The van der Waals surface area contributed by atoms with Crippen molar-refractivity contribution in [2.45, 2.75) is 96.2 Å². The van der Waals surface area contributed by atoms with Crippen LogP contribution in [-0.2, 0) is 0 Å². The monoisotopic (exact) mass is 266 g/mol. The molecule has 0 aromatic heterocycles. The minimum Gasteiger partial charge on any atom is -0.314 e. The van der Waals surface area contributed by atoms with Crippen LogP contribution < -0.4 is 5.32 Å². The SMILES string of the molecule is CCCCCCCC(CCCC)N1C2CNCC1C2. The van der Waals surface area contributed by atoms with Crippen LogP contribution in [0.25, 0.3) is 0 Å². The van der Waals surface area contributed by atoms with Crippen molar-refractivity contribution in [3.63, 3.8) is 0 Å². The number of piperazine rings is 1. The highest BCUT2D eigenvalue weighted by Gasteiger charge is 2.44. The lowest BCUT2D eigenvalue weighted by atomic mass is 9.84. The maximum absolute atomic E-state index is 3.57. The Balaban J connectivity index is 1.72. The van der Waals surface area contributed by atoms with Crippen LogP contribution in [0.4, 0.5) is 0 Å². The van der Waals surface area contributed by atoms with Gasteiger partial charge in [-0.3, -0.25) is 4.90 Å². The number of rotatable bonds is 10. The van der Waals surface area contributed by atoms with Gasteiger partial charge < -0.3 is 5.32 Å². The zero-order valence-electron chi connectivity index (χ0n) is 13.2. The van der Waals surface area contributed by atoms with Crippen LogP contribution in [0.5, 0.6) is 0 Å². The Morgan fingerprint density at radius 3 is 2.16 bits per heavy atom. The molecular weight excluding hydrogens is 232 g/mol. The lowest BCUT2D eigenvalue weighted by Crippen LogP contribution is -2.70. The predicted octanol–water partition coefficient (Wildman–Crippen LogP) is 3.95. The molecular formula is C17H34N2. The Labute approximate surface area is 120 Å². The van der Waals surface area contributed by atoms with Gasteiger partial charge in [0.05, 0.1) is 0 Å². The van der Waals surface area contributed by atoms with Crippen LogP contribution in [0.1, 0.15) is 78.1 Å². The van der Waals surface area contributed by atoms with E-state index in [-0.39, 0.29) is 0 Å². The molecule has 3 saturated heterocycles. The van der Waals surface area contributed by atoms with Crippen LogP contribution in [0.15, 0.2) is 0 Å². The summed E-state index contributed by atoms with van der Waals surface area (Å²) < 4.78 is 0. The van der Waals surface area contributed by atoms with E-state index in [0.717, 1.165) is 18.1 Å². The molecule has 0 radical (unpaired) electrons. The molecule has 0 amide bonds. The first-order valence-corrected chi connectivity index (χ1v) is 8.85. The largest absolute Gasteiger partial charge is 0.314 e. The van der Waals surface area contributed by atoms with E-state index in [1.807, 2.05) is 0 Å². The third-order valence-electron chi connectivity index (χ3n) is 5.10. The maximum Gasteiger partial charge on any atom is 0.0242 e. The lowest BCUT2D eigenvalue weighted by Gasteiger charge is -2.57. The summed E-state index contributed by atoms with van der Waals surface area (Å²) in [5.74, 6) is 0.